The summed E-state index contributed by atoms with van der Waals surface area (Å²) in [7, 11) is 2.77. The first-order valence-corrected chi connectivity index (χ1v) is 7.34. The highest BCUT2D eigenvalue weighted by atomic mass is 19.1. The molecule has 2 rings (SSSR count). The number of halogens is 1. The van der Waals surface area contributed by atoms with Crippen molar-refractivity contribution in [1.29, 1.82) is 0 Å². The summed E-state index contributed by atoms with van der Waals surface area (Å²) >= 11 is 0. The van der Waals surface area contributed by atoms with Crippen molar-refractivity contribution in [2.45, 2.75) is 25.8 Å². The van der Waals surface area contributed by atoms with E-state index >= 15 is 0 Å². The zero-order valence-electron chi connectivity index (χ0n) is 13.3. The number of piperidine rings is 1. The fraction of sp³-hybridized carbons (Fsp3) is 0.500. The summed E-state index contributed by atoms with van der Waals surface area (Å²) in [6.07, 6.45) is 1.08. The van der Waals surface area contributed by atoms with Gasteiger partial charge in [0, 0.05) is 18.7 Å². The predicted molar refractivity (Wildman–Crippen MR) is 80.4 cm³/mol. The van der Waals surface area contributed by atoms with Crippen molar-refractivity contribution in [2.75, 3.05) is 20.8 Å². The van der Waals surface area contributed by atoms with Crippen molar-refractivity contribution in [3.05, 3.63) is 23.5 Å². The molecule has 23 heavy (non-hydrogen) atoms. The molecule has 0 aliphatic carbocycles. The van der Waals surface area contributed by atoms with Gasteiger partial charge in [-0.3, -0.25) is 9.59 Å². The molecule has 1 aromatic carbocycles. The maximum absolute atomic E-state index is 14.2. The molecule has 1 aliphatic rings. The molecular formula is C16H20FNO5. The Balaban J connectivity index is 2.33. The first kappa shape index (κ1) is 17.1. The van der Waals surface area contributed by atoms with Crippen LogP contribution < -0.4 is 9.47 Å². The fourth-order valence-electron chi connectivity index (χ4n) is 2.76. The van der Waals surface area contributed by atoms with E-state index in [1.54, 1.807) is 0 Å². The van der Waals surface area contributed by atoms with Gasteiger partial charge in [-0.2, -0.15) is 0 Å². The summed E-state index contributed by atoms with van der Waals surface area (Å²) in [6, 6.07) is 2.23. The number of hydrogen-bond donors (Lipinski definition) is 1. The molecule has 1 heterocycles. The van der Waals surface area contributed by atoms with Crippen LogP contribution in [0.4, 0.5) is 4.39 Å². The highest BCUT2D eigenvalue weighted by molar-refractivity contribution is 5.95. The molecule has 0 spiro atoms. The fourth-order valence-corrected chi connectivity index (χ4v) is 2.76. The number of hydrogen-bond acceptors (Lipinski definition) is 4. The van der Waals surface area contributed by atoms with Crippen LogP contribution >= 0.6 is 0 Å². The Bertz CT molecular complexity index is 619. The SMILES string of the molecule is COc1cc(F)c(C(=O)N2CC(C(=O)O)CCC2C)cc1OC. The topological polar surface area (TPSA) is 76.1 Å². The molecule has 126 valence electrons. The maximum Gasteiger partial charge on any atom is 0.308 e. The largest absolute Gasteiger partial charge is 0.493 e. The van der Waals surface area contributed by atoms with Crippen molar-refractivity contribution >= 4 is 11.9 Å². The first-order valence-electron chi connectivity index (χ1n) is 7.34. The summed E-state index contributed by atoms with van der Waals surface area (Å²) in [5.41, 5.74) is -0.152. The van der Waals surface area contributed by atoms with Crippen LogP contribution in [0.15, 0.2) is 12.1 Å². The molecule has 1 saturated heterocycles. The van der Waals surface area contributed by atoms with Gasteiger partial charge in [0.25, 0.3) is 5.91 Å². The Morgan fingerprint density at radius 2 is 1.83 bits per heavy atom. The molecule has 2 atom stereocenters. The lowest BCUT2D eigenvalue weighted by molar-refractivity contribution is -0.143. The molecule has 0 saturated carbocycles. The van der Waals surface area contributed by atoms with E-state index < -0.39 is 23.6 Å². The smallest absolute Gasteiger partial charge is 0.308 e. The summed E-state index contributed by atoms with van der Waals surface area (Å²) in [4.78, 5) is 25.2. The van der Waals surface area contributed by atoms with Gasteiger partial charge in [-0.25, -0.2) is 4.39 Å². The van der Waals surface area contributed by atoms with E-state index in [0.29, 0.717) is 12.8 Å². The van der Waals surface area contributed by atoms with Gasteiger partial charge in [-0.15, -0.1) is 0 Å². The van der Waals surface area contributed by atoms with Crippen molar-refractivity contribution in [3.8, 4) is 11.5 Å². The van der Waals surface area contributed by atoms with Gasteiger partial charge in [0.15, 0.2) is 11.5 Å². The van der Waals surface area contributed by atoms with Crippen LogP contribution in [0, 0.1) is 11.7 Å². The maximum atomic E-state index is 14.2. The lowest BCUT2D eigenvalue weighted by Crippen LogP contribution is -2.47. The molecule has 6 nitrogen and oxygen atoms in total. The van der Waals surface area contributed by atoms with Crippen molar-refractivity contribution in [2.24, 2.45) is 5.92 Å². The quantitative estimate of drug-likeness (QED) is 0.918. The van der Waals surface area contributed by atoms with Crippen LogP contribution in [-0.4, -0.2) is 48.7 Å². The third kappa shape index (κ3) is 3.38. The van der Waals surface area contributed by atoms with E-state index in [1.807, 2.05) is 6.92 Å². The van der Waals surface area contributed by atoms with E-state index in [0.717, 1.165) is 6.07 Å². The van der Waals surface area contributed by atoms with Crippen molar-refractivity contribution in [1.82, 2.24) is 4.90 Å². The molecule has 0 radical (unpaired) electrons. The average molecular weight is 325 g/mol. The number of aliphatic carboxylic acids is 1. The number of rotatable bonds is 4. The summed E-state index contributed by atoms with van der Waals surface area (Å²) in [5.74, 6) is -2.40. The number of carbonyl (C=O) groups excluding carboxylic acids is 1. The number of ether oxygens (including phenoxy) is 2. The second-order valence-electron chi connectivity index (χ2n) is 5.61. The minimum Gasteiger partial charge on any atom is -0.493 e. The molecule has 0 bridgehead atoms. The monoisotopic (exact) mass is 325 g/mol. The molecule has 1 aromatic rings. The summed E-state index contributed by atoms with van der Waals surface area (Å²) in [5, 5.41) is 9.15. The van der Waals surface area contributed by atoms with Crippen LogP contribution in [0.3, 0.4) is 0 Å². The lowest BCUT2D eigenvalue weighted by Gasteiger charge is -2.36. The first-order chi connectivity index (χ1) is 10.9. The Hall–Kier alpha value is -2.31. The standard InChI is InChI=1S/C16H20FNO5/c1-9-4-5-10(16(20)21)8-18(9)15(19)11-6-13(22-2)14(23-3)7-12(11)17/h6-7,9-10H,4-5,8H2,1-3H3,(H,20,21). The molecule has 1 aliphatic heterocycles. The molecule has 1 fully saturated rings. The Kier molecular flexibility index (Phi) is 5.08. The third-order valence-electron chi connectivity index (χ3n) is 4.20. The minimum absolute atomic E-state index is 0.0725. The van der Waals surface area contributed by atoms with Crippen LogP contribution in [0.2, 0.25) is 0 Å². The van der Waals surface area contributed by atoms with Crippen molar-refractivity contribution < 1.29 is 28.6 Å². The van der Waals surface area contributed by atoms with E-state index in [1.165, 1.54) is 25.2 Å². The number of methoxy groups -OCH3 is 2. The number of carboxylic acid groups (broad SMARTS) is 1. The molecule has 0 aromatic heterocycles. The van der Waals surface area contributed by atoms with E-state index in [-0.39, 0.29) is 29.6 Å². The van der Waals surface area contributed by atoms with Crippen LogP contribution in [0.1, 0.15) is 30.1 Å². The summed E-state index contributed by atoms with van der Waals surface area (Å²) in [6.45, 7) is 1.90. The van der Waals surface area contributed by atoms with Gasteiger partial charge in [0.2, 0.25) is 0 Å². The Morgan fingerprint density at radius 3 is 2.39 bits per heavy atom. The predicted octanol–water partition coefficient (Wildman–Crippen LogP) is 2.17. The third-order valence-corrected chi connectivity index (χ3v) is 4.20. The zero-order chi connectivity index (χ0) is 17.1. The molecule has 1 amide bonds. The van der Waals surface area contributed by atoms with Crippen molar-refractivity contribution in [3.63, 3.8) is 0 Å². The number of likely N-dealkylation sites (tertiary alicyclic amines) is 1. The van der Waals surface area contributed by atoms with E-state index in [2.05, 4.69) is 0 Å². The average Bonchev–Trinajstić information content (AvgIpc) is 2.54. The number of carboxylic acids is 1. The lowest BCUT2D eigenvalue weighted by atomic mass is 9.93. The molecule has 1 N–H and O–H groups in total. The van der Waals surface area contributed by atoms with Gasteiger partial charge >= 0.3 is 5.97 Å². The normalized spacial score (nSPS) is 21.0. The minimum atomic E-state index is -0.942. The molecule has 2 unspecified atom stereocenters. The van der Waals surface area contributed by atoms with Crippen LogP contribution in [0.25, 0.3) is 0 Å². The van der Waals surface area contributed by atoms with Gasteiger partial charge in [0.1, 0.15) is 5.82 Å². The van der Waals surface area contributed by atoms with E-state index in [9.17, 15) is 14.0 Å². The number of nitrogens with zero attached hydrogens (tertiary/aromatic N) is 1. The van der Waals surface area contributed by atoms with Crippen LogP contribution in [0.5, 0.6) is 11.5 Å². The van der Waals surface area contributed by atoms with Crippen LogP contribution in [-0.2, 0) is 4.79 Å². The van der Waals surface area contributed by atoms with E-state index in [4.69, 9.17) is 14.6 Å². The van der Waals surface area contributed by atoms with Gasteiger partial charge in [-0.1, -0.05) is 0 Å². The Morgan fingerprint density at radius 1 is 1.22 bits per heavy atom. The second kappa shape index (κ2) is 6.85. The second-order valence-corrected chi connectivity index (χ2v) is 5.61. The van der Waals surface area contributed by atoms with Gasteiger partial charge in [0.05, 0.1) is 25.7 Å². The zero-order valence-corrected chi connectivity index (χ0v) is 13.3. The number of amides is 1. The highest BCUT2D eigenvalue weighted by Gasteiger charge is 2.34. The summed E-state index contributed by atoms with van der Waals surface area (Å²) < 4.78 is 24.3. The molecular weight excluding hydrogens is 305 g/mol. The number of carbonyl (C=O) groups is 2. The van der Waals surface area contributed by atoms with Gasteiger partial charge < -0.3 is 19.5 Å². The molecule has 7 heteroatoms. The number of benzene rings is 1. The Labute approximate surface area is 133 Å². The van der Waals surface area contributed by atoms with Gasteiger partial charge in [-0.05, 0) is 25.8 Å². The highest BCUT2D eigenvalue weighted by Crippen LogP contribution is 2.32.